The molecule has 0 amide bonds. The molecule has 0 N–H and O–H groups in total. The first-order valence-electron chi connectivity index (χ1n) is 20.8. The monoisotopic (exact) mass is 808 g/mol. The van der Waals surface area contributed by atoms with Crippen LogP contribution in [0.5, 0.6) is 0 Å². The molecule has 8 nitrogen and oxygen atoms in total. The normalized spacial score (nSPS) is 11.8. The number of fused-ring (bicyclic) bond motifs is 7. The molecule has 0 unspecified atom stereocenters. The number of nitrogens with zero attached hydrogens (tertiary/aromatic N) is 6. The van der Waals surface area contributed by atoms with Gasteiger partial charge in [0.05, 0.1) is 11.0 Å². The van der Waals surface area contributed by atoms with Crippen LogP contribution in [0.3, 0.4) is 0 Å². The minimum absolute atomic E-state index is 0.552. The van der Waals surface area contributed by atoms with Gasteiger partial charge in [-0.15, -0.1) is 0 Å². The van der Waals surface area contributed by atoms with Crippen molar-refractivity contribution in [2.75, 3.05) is 0 Å². The largest absolute Gasteiger partial charge is 0.436 e. The van der Waals surface area contributed by atoms with E-state index >= 15 is 0 Å². The zero-order chi connectivity index (χ0) is 41.4. The van der Waals surface area contributed by atoms with E-state index in [2.05, 4.69) is 102 Å². The standard InChI is InChI=1S/C55H32N6O2/c1-2-10-38-30-42(28-27-33(38)9-1)61-47-14-6-3-11-43(47)44-31-41-29-40(26-25-39(41)32-48(44)61)53-59-51(34-17-21-36(22-18-34)54-56-45-12-4-7-15-49(45)62-54)58-52(60-53)35-19-23-37(24-20-35)55-57-46-13-5-8-16-50(46)63-55/h1-32H. The number of rotatable bonds is 6. The van der Waals surface area contributed by atoms with Crippen molar-refractivity contribution in [3.8, 4) is 62.8 Å². The van der Waals surface area contributed by atoms with Crippen molar-refractivity contribution in [1.82, 2.24) is 29.5 Å². The summed E-state index contributed by atoms with van der Waals surface area (Å²) in [7, 11) is 0. The molecular formula is C55H32N6O2. The van der Waals surface area contributed by atoms with Crippen LogP contribution in [0, 0.1) is 0 Å². The molecule has 294 valence electrons. The molecule has 0 radical (unpaired) electrons. The van der Waals surface area contributed by atoms with Crippen molar-refractivity contribution < 1.29 is 8.83 Å². The third-order valence-electron chi connectivity index (χ3n) is 11.9. The van der Waals surface area contributed by atoms with Crippen molar-refractivity contribution >= 4 is 65.6 Å². The second kappa shape index (κ2) is 13.9. The molecule has 0 fully saturated rings. The molecule has 0 saturated heterocycles. The Morgan fingerprint density at radius 1 is 0.317 bits per heavy atom. The highest BCUT2D eigenvalue weighted by atomic mass is 16.4. The lowest BCUT2D eigenvalue weighted by Crippen LogP contribution is -2.00. The van der Waals surface area contributed by atoms with E-state index in [4.69, 9.17) is 33.8 Å². The molecule has 4 heterocycles. The first kappa shape index (κ1) is 35.0. The van der Waals surface area contributed by atoms with Crippen molar-refractivity contribution in [2.45, 2.75) is 0 Å². The van der Waals surface area contributed by atoms with Gasteiger partial charge in [0, 0.05) is 44.3 Å². The maximum absolute atomic E-state index is 6.07. The van der Waals surface area contributed by atoms with E-state index in [1.54, 1.807) is 0 Å². The van der Waals surface area contributed by atoms with Gasteiger partial charge in [0.15, 0.2) is 28.6 Å². The van der Waals surface area contributed by atoms with Gasteiger partial charge in [0.1, 0.15) is 11.0 Å². The van der Waals surface area contributed by atoms with Gasteiger partial charge in [-0.3, -0.25) is 0 Å². The summed E-state index contributed by atoms with van der Waals surface area (Å²) in [5, 5.41) is 7.02. The summed E-state index contributed by atoms with van der Waals surface area (Å²) >= 11 is 0. The summed E-state index contributed by atoms with van der Waals surface area (Å²) < 4.78 is 14.5. The molecule has 0 aliphatic heterocycles. The lowest BCUT2D eigenvalue weighted by molar-refractivity contribution is 0.619. The van der Waals surface area contributed by atoms with E-state index in [1.165, 1.54) is 21.5 Å². The third-order valence-corrected chi connectivity index (χ3v) is 11.9. The number of aromatic nitrogens is 6. The fourth-order valence-electron chi connectivity index (χ4n) is 8.72. The van der Waals surface area contributed by atoms with E-state index in [1.807, 2.05) is 97.1 Å². The van der Waals surface area contributed by atoms with Crippen molar-refractivity contribution in [2.24, 2.45) is 0 Å². The molecule has 0 spiro atoms. The van der Waals surface area contributed by atoms with Crippen LogP contribution in [0.15, 0.2) is 203 Å². The van der Waals surface area contributed by atoms with Gasteiger partial charge >= 0.3 is 0 Å². The Morgan fingerprint density at radius 2 is 0.825 bits per heavy atom. The van der Waals surface area contributed by atoms with Crippen LogP contribution in [-0.2, 0) is 0 Å². The predicted octanol–water partition coefficient (Wildman–Crippen LogP) is 13.9. The van der Waals surface area contributed by atoms with E-state index in [-0.39, 0.29) is 0 Å². The van der Waals surface area contributed by atoms with Crippen LogP contribution in [0.25, 0.3) is 128 Å². The molecule has 0 saturated carbocycles. The molecule has 0 aliphatic carbocycles. The lowest BCUT2D eigenvalue weighted by atomic mass is 10.0. The summed E-state index contributed by atoms with van der Waals surface area (Å²) in [6.45, 7) is 0. The van der Waals surface area contributed by atoms with Crippen LogP contribution < -0.4 is 0 Å². The lowest BCUT2D eigenvalue weighted by Gasteiger charge is -2.11. The van der Waals surface area contributed by atoms with Gasteiger partial charge in [-0.2, -0.15) is 0 Å². The quantitative estimate of drug-likeness (QED) is 0.165. The van der Waals surface area contributed by atoms with Gasteiger partial charge in [0.2, 0.25) is 11.8 Å². The highest BCUT2D eigenvalue weighted by molar-refractivity contribution is 6.14. The van der Waals surface area contributed by atoms with E-state index < -0.39 is 0 Å². The third kappa shape index (κ3) is 5.96. The second-order valence-corrected chi connectivity index (χ2v) is 15.7. The van der Waals surface area contributed by atoms with Gasteiger partial charge in [-0.1, -0.05) is 109 Å². The van der Waals surface area contributed by atoms with Crippen LogP contribution in [0.4, 0.5) is 0 Å². The topological polar surface area (TPSA) is 95.7 Å². The summed E-state index contributed by atoms with van der Waals surface area (Å²) in [5.41, 5.74) is 10.9. The van der Waals surface area contributed by atoms with Crippen LogP contribution >= 0.6 is 0 Å². The Bertz CT molecular complexity index is 3720. The maximum Gasteiger partial charge on any atom is 0.227 e. The molecule has 9 aromatic carbocycles. The van der Waals surface area contributed by atoms with Crippen LogP contribution in [0.1, 0.15) is 0 Å². The fraction of sp³-hybridized carbons (Fsp3) is 0. The Hall–Kier alpha value is -8.75. The van der Waals surface area contributed by atoms with Gasteiger partial charge < -0.3 is 13.4 Å². The molecule has 4 aromatic heterocycles. The minimum Gasteiger partial charge on any atom is -0.436 e. The van der Waals surface area contributed by atoms with Crippen LogP contribution in [0.2, 0.25) is 0 Å². The number of hydrogen-bond donors (Lipinski definition) is 0. The fourth-order valence-corrected chi connectivity index (χ4v) is 8.72. The first-order chi connectivity index (χ1) is 31.1. The van der Waals surface area contributed by atoms with E-state index in [0.717, 1.165) is 77.5 Å². The van der Waals surface area contributed by atoms with Crippen molar-refractivity contribution in [3.63, 3.8) is 0 Å². The van der Waals surface area contributed by atoms with E-state index in [0.29, 0.717) is 29.3 Å². The van der Waals surface area contributed by atoms with Crippen molar-refractivity contribution in [1.29, 1.82) is 0 Å². The number of benzene rings is 9. The van der Waals surface area contributed by atoms with Crippen LogP contribution in [-0.4, -0.2) is 29.5 Å². The van der Waals surface area contributed by atoms with Crippen molar-refractivity contribution in [3.05, 3.63) is 194 Å². The molecule has 0 aliphatic rings. The minimum atomic E-state index is 0.552. The molecule has 0 bridgehead atoms. The average Bonchev–Trinajstić information content (AvgIpc) is 4.07. The Balaban J connectivity index is 0.931. The summed E-state index contributed by atoms with van der Waals surface area (Å²) in [6, 6.07) is 66.4. The SMILES string of the molecule is c1ccc2cc(-n3c4ccccc4c4cc5cc(-c6nc(-c7ccc(-c8nc9ccccc9o8)cc7)nc(-c7ccc(-c8nc9ccccc9o8)cc7)n6)ccc5cc43)ccc2c1. The highest BCUT2D eigenvalue weighted by Gasteiger charge is 2.18. The number of oxazole rings is 2. The number of hydrogen-bond acceptors (Lipinski definition) is 7. The zero-order valence-corrected chi connectivity index (χ0v) is 33.5. The molecule has 8 heteroatoms. The molecule has 13 rings (SSSR count). The van der Waals surface area contributed by atoms with Gasteiger partial charge in [-0.25, -0.2) is 24.9 Å². The average molecular weight is 809 g/mol. The molecule has 13 aromatic rings. The second-order valence-electron chi connectivity index (χ2n) is 15.7. The van der Waals surface area contributed by atoms with E-state index in [9.17, 15) is 0 Å². The highest BCUT2D eigenvalue weighted by Crippen LogP contribution is 2.37. The molecule has 63 heavy (non-hydrogen) atoms. The summed E-state index contributed by atoms with van der Waals surface area (Å²) in [4.78, 5) is 24.7. The Labute approximate surface area is 359 Å². The smallest absolute Gasteiger partial charge is 0.227 e. The zero-order valence-electron chi connectivity index (χ0n) is 33.5. The first-order valence-corrected chi connectivity index (χ1v) is 20.8. The number of para-hydroxylation sites is 5. The summed E-state index contributed by atoms with van der Waals surface area (Å²) in [5.74, 6) is 2.79. The molecular weight excluding hydrogens is 777 g/mol. The maximum atomic E-state index is 6.07. The molecule has 0 atom stereocenters. The van der Waals surface area contributed by atoms with Gasteiger partial charge in [0.25, 0.3) is 0 Å². The Kier molecular flexibility index (Phi) is 7.74. The van der Waals surface area contributed by atoms with Gasteiger partial charge in [-0.05, 0) is 106 Å². The Morgan fingerprint density at radius 3 is 1.48 bits per heavy atom. The summed E-state index contributed by atoms with van der Waals surface area (Å²) in [6.07, 6.45) is 0. The predicted molar refractivity (Wildman–Crippen MR) is 251 cm³/mol.